The van der Waals surface area contributed by atoms with Gasteiger partial charge >= 0.3 is 0 Å². The standard InChI is InChI=1S/C20H20FN3O2/c1-3-14-6-4-5-7-17(14)22-18(25)10-11-19-23-20(24-26-19)15-9-8-13(2)16(21)12-15/h4-9,12H,3,10-11H2,1-2H3,(H,22,25). The van der Waals surface area contributed by atoms with E-state index in [0.717, 1.165) is 17.7 Å². The largest absolute Gasteiger partial charge is 0.339 e. The van der Waals surface area contributed by atoms with Crippen molar-refractivity contribution in [2.45, 2.75) is 33.1 Å². The first-order valence-corrected chi connectivity index (χ1v) is 8.53. The summed E-state index contributed by atoms with van der Waals surface area (Å²) in [5.41, 5.74) is 3.01. The van der Waals surface area contributed by atoms with E-state index in [2.05, 4.69) is 15.5 Å². The van der Waals surface area contributed by atoms with E-state index in [1.165, 1.54) is 6.07 Å². The summed E-state index contributed by atoms with van der Waals surface area (Å²) in [4.78, 5) is 16.4. The SMILES string of the molecule is CCc1ccccc1NC(=O)CCc1nc(-c2ccc(C)c(F)c2)no1. The lowest BCUT2D eigenvalue weighted by atomic mass is 10.1. The zero-order valence-electron chi connectivity index (χ0n) is 14.8. The van der Waals surface area contributed by atoms with Crippen molar-refractivity contribution in [1.29, 1.82) is 0 Å². The molecular weight excluding hydrogens is 333 g/mol. The first-order chi connectivity index (χ1) is 12.6. The molecule has 0 spiro atoms. The molecule has 0 aliphatic heterocycles. The highest BCUT2D eigenvalue weighted by Crippen LogP contribution is 2.20. The third kappa shape index (κ3) is 4.14. The molecule has 3 aromatic rings. The summed E-state index contributed by atoms with van der Waals surface area (Å²) in [6.45, 7) is 3.73. The molecule has 0 radical (unpaired) electrons. The maximum atomic E-state index is 13.7. The number of nitrogens with zero attached hydrogens (tertiary/aromatic N) is 2. The minimum atomic E-state index is -0.317. The highest BCUT2D eigenvalue weighted by molar-refractivity contribution is 5.91. The van der Waals surface area contributed by atoms with Gasteiger partial charge in [-0.3, -0.25) is 4.79 Å². The van der Waals surface area contributed by atoms with Crippen molar-refractivity contribution in [3.05, 3.63) is 65.3 Å². The Hall–Kier alpha value is -3.02. The first-order valence-electron chi connectivity index (χ1n) is 8.53. The van der Waals surface area contributed by atoms with E-state index < -0.39 is 0 Å². The number of hydrogen-bond acceptors (Lipinski definition) is 4. The van der Waals surface area contributed by atoms with Gasteiger partial charge in [0, 0.05) is 24.1 Å². The summed E-state index contributed by atoms with van der Waals surface area (Å²) in [5.74, 6) is 0.227. The average molecular weight is 353 g/mol. The summed E-state index contributed by atoms with van der Waals surface area (Å²) in [6.07, 6.45) is 1.39. The molecule has 1 heterocycles. The van der Waals surface area contributed by atoms with Crippen LogP contribution in [0.25, 0.3) is 11.4 Å². The number of anilines is 1. The number of hydrogen-bond donors (Lipinski definition) is 1. The van der Waals surface area contributed by atoms with E-state index in [4.69, 9.17) is 4.52 Å². The van der Waals surface area contributed by atoms with Crippen molar-refractivity contribution in [3.63, 3.8) is 0 Å². The molecule has 2 aromatic carbocycles. The molecule has 26 heavy (non-hydrogen) atoms. The van der Waals surface area contributed by atoms with Crippen LogP contribution in [0, 0.1) is 12.7 Å². The van der Waals surface area contributed by atoms with Crippen molar-refractivity contribution in [2.24, 2.45) is 0 Å². The van der Waals surface area contributed by atoms with Gasteiger partial charge in [-0.2, -0.15) is 4.98 Å². The second-order valence-corrected chi connectivity index (χ2v) is 6.03. The molecule has 3 rings (SSSR count). The van der Waals surface area contributed by atoms with Gasteiger partial charge in [0.2, 0.25) is 17.6 Å². The van der Waals surface area contributed by atoms with Gasteiger partial charge in [-0.25, -0.2) is 4.39 Å². The van der Waals surface area contributed by atoms with Crippen LogP contribution in [0.3, 0.4) is 0 Å². The molecule has 1 N–H and O–H groups in total. The maximum Gasteiger partial charge on any atom is 0.227 e. The fraction of sp³-hybridized carbons (Fsp3) is 0.250. The number of aryl methyl sites for hydroxylation is 3. The first kappa shape index (κ1) is 17.8. The Morgan fingerprint density at radius 2 is 2.04 bits per heavy atom. The number of amides is 1. The van der Waals surface area contributed by atoms with Crippen LogP contribution < -0.4 is 5.32 Å². The normalized spacial score (nSPS) is 10.7. The van der Waals surface area contributed by atoms with E-state index >= 15 is 0 Å². The van der Waals surface area contributed by atoms with Crippen molar-refractivity contribution in [1.82, 2.24) is 10.1 Å². The number of rotatable bonds is 6. The smallest absolute Gasteiger partial charge is 0.227 e. The topological polar surface area (TPSA) is 68.0 Å². The Kier molecular flexibility index (Phi) is 5.41. The van der Waals surface area contributed by atoms with E-state index in [1.54, 1.807) is 19.1 Å². The lowest BCUT2D eigenvalue weighted by Gasteiger charge is -2.08. The Bertz CT molecular complexity index is 921. The Balaban J connectivity index is 1.61. The summed E-state index contributed by atoms with van der Waals surface area (Å²) >= 11 is 0. The minimum Gasteiger partial charge on any atom is -0.339 e. The molecule has 0 atom stereocenters. The van der Waals surface area contributed by atoms with Gasteiger partial charge in [-0.15, -0.1) is 0 Å². The molecule has 0 fully saturated rings. The lowest BCUT2D eigenvalue weighted by molar-refractivity contribution is -0.116. The molecule has 0 saturated heterocycles. The third-order valence-electron chi connectivity index (χ3n) is 4.14. The molecule has 0 bridgehead atoms. The summed E-state index contributed by atoms with van der Waals surface area (Å²) < 4.78 is 18.8. The predicted molar refractivity (Wildman–Crippen MR) is 97.2 cm³/mol. The number of benzene rings is 2. The molecule has 1 amide bonds. The van der Waals surface area contributed by atoms with Crippen LogP contribution in [0.1, 0.15) is 30.4 Å². The van der Waals surface area contributed by atoms with Crippen LogP contribution in [0.15, 0.2) is 47.0 Å². The monoisotopic (exact) mass is 353 g/mol. The summed E-state index contributed by atoms with van der Waals surface area (Å²) in [5, 5.41) is 6.77. The number of carbonyl (C=O) groups excluding carboxylic acids is 1. The Morgan fingerprint density at radius 1 is 1.23 bits per heavy atom. The van der Waals surface area contributed by atoms with Crippen LogP contribution in [-0.2, 0) is 17.6 Å². The van der Waals surface area contributed by atoms with Gasteiger partial charge < -0.3 is 9.84 Å². The molecule has 1 aromatic heterocycles. The minimum absolute atomic E-state index is 0.118. The highest BCUT2D eigenvalue weighted by Gasteiger charge is 2.12. The van der Waals surface area contributed by atoms with Gasteiger partial charge in [-0.05, 0) is 36.6 Å². The summed E-state index contributed by atoms with van der Waals surface area (Å²) in [7, 11) is 0. The fourth-order valence-electron chi connectivity index (χ4n) is 2.59. The van der Waals surface area contributed by atoms with Gasteiger partial charge in [0.1, 0.15) is 5.82 Å². The van der Waals surface area contributed by atoms with Crippen LogP contribution in [-0.4, -0.2) is 16.0 Å². The second kappa shape index (κ2) is 7.91. The van der Waals surface area contributed by atoms with Gasteiger partial charge in [-0.1, -0.05) is 42.4 Å². The number of halogens is 1. The molecule has 134 valence electrons. The number of para-hydroxylation sites is 1. The fourth-order valence-corrected chi connectivity index (χ4v) is 2.59. The zero-order valence-corrected chi connectivity index (χ0v) is 14.8. The third-order valence-corrected chi connectivity index (χ3v) is 4.14. The van der Waals surface area contributed by atoms with E-state index in [0.29, 0.717) is 29.3 Å². The van der Waals surface area contributed by atoms with E-state index in [-0.39, 0.29) is 18.1 Å². The lowest BCUT2D eigenvalue weighted by Crippen LogP contribution is -2.13. The number of carbonyl (C=O) groups is 1. The van der Waals surface area contributed by atoms with Crippen molar-refractivity contribution < 1.29 is 13.7 Å². The number of nitrogens with one attached hydrogen (secondary N) is 1. The molecule has 0 saturated carbocycles. The zero-order chi connectivity index (χ0) is 18.5. The maximum absolute atomic E-state index is 13.7. The molecule has 6 heteroatoms. The average Bonchev–Trinajstić information content (AvgIpc) is 3.12. The van der Waals surface area contributed by atoms with Crippen LogP contribution >= 0.6 is 0 Å². The molecule has 0 unspecified atom stereocenters. The summed E-state index contributed by atoms with van der Waals surface area (Å²) in [6, 6.07) is 12.5. The van der Waals surface area contributed by atoms with E-state index in [9.17, 15) is 9.18 Å². The van der Waals surface area contributed by atoms with Crippen molar-refractivity contribution in [3.8, 4) is 11.4 Å². The van der Waals surface area contributed by atoms with Crippen LogP contribution in [0.2, 0.25) is 0 Å². The Labute approximate surface area is 151 Å². The molecule has 0 aliphatic carbocycles. The van der Waals surface area contributed by atoms with Crippen LogP contribution in [0.4, 0.5) is 10.1 Å². The van der Waals surface area contributed by atoms with Crippen LogP contribution in [0.5, 0.6) is 0 Å². The molecule has 0 aliphatic rings. The highest BCUT2D eigenvalue weighted by atomic mass is 19.1. The molecular formula is C20H20FN3O2. The van der Waals surface area contributed by atoms with Gasteiger partial charge in [0.25, 0.3) is 0 Å². The van der Waals surface area contributed by atoms with Crippen molar-refractivity contribution in [2.75, 3.05) is 5.32 Å². The van der Waals surface area contributed by atoms with Gasteiger partial charge in [0.15, 0.2) is 0 Å². The second-order valence-electron chi connectivity index (χ2n) is 6.03. The van der Waals surface area contributed by atoms with Crippen molar-refractivity contribution >= 4 is 11.6 Å². The number of aromatic nitrogens is 2. The molecule has 5 nitrogen and oxygen atoms in total. The predicted octanol–water partition coefficient (Wildman–Crippen LogP) is 4.32. The van der Waals surface area contributed by atoms with E-state index in [1.807, 2.05) is 31.2 Å². The quantitative estimate of drug-likeness (QED) is 0.717. The van der Waals surface area contributed by atoms with Gasteiger partial charge in [0.05, 0.1) is 0 Å². The Morgan fingerprint density at radius 3 is 2.81 bits per heavy atom.